The number of nitrogen functional groups attached to an aromatic ring is 1. The Hall–Kier alpha value is -3.72. The Morgan fingerprint density at radius 3 is 2.65 bits per heavy atom. The largest absolute Gasteiger partial charge is 0.475 e. The maximum Gasteiger partial charge on any atom is 0.418 e. The van der Waals surface area contributed by atoms with Crippen LogP contribution >= 0.6 is 0 Å². The van der Waals surface area contributed by atoms with E-state index in [9.17, 15) is 18.4 Å². The van der Waals surface area contributed by atoms with E-state index in [0.29, 0.717) is 30.0 Å². The minimum absolute atomic E-state index is 0.00515. The lowest BCUT2D eigenvalue weighted by molar-refractivity contribution is -0.137. The third-order valence-electron chi connectivity index (χ3n) is 7.80. The second kappa shape index (κ2) is 7.64. The zero-order valence-electron chi connectivity index (χ0n) is 20.3. The van der Waals surface area contributed by atoms with E-state index in [1.54, 1.807) is 13.8 Å². The highest BCUT2D eigenvalue weighted by atomic mass is 19.4. The van der Waals surface area contributed by atoms with Gasteiger partial charge in [-0.05, 0) is 45.2 Å². The Bertz CT molecular complexity index is 1530. The molecule has 12 heteroatoms. The van der Waals surface area contributed by atoms with Crippen molar-refractivity contribution in [1.29, 1.82) is 5.26 Å². The van der Waals surface area contributed by atoms with Crippen LogP contribution in [0.5, 0.6) is 5.88 Å². The SMILES string of the molecule is Cc1nc(N)cc(-c2nc3c4c(nc(C)c(C)c4c2F)N2CC4(C#N)CCC(N4)C2CO3)c1C(F)(F)F. The third kappa shape index (κ3) is 3.33. The maximum absolute atomic E-state index is 16.4. The van der Waals surface area contributed by atoms with Crippen LogP contribution in [0.25, 0.3) is 22.0 Å². The molecule has 3 unspecified atom stereocenters. The molecule has 3 atom stereocenters. The van der Waals surface area contributed by atoms with Gasteiger partial charge in [-0.15, -0.1) is 0 Å². The molecule has 2 fully saturated rings. The molecule has 192 valence electrons. The molecule has 6 rings (SSSR count). The van der Waals surface area contributed by atoms with Crippen LogP contribution in [0.2, 0.25) is 0 Å². The smallest absolute Gasteiger partial charge is 0.418 e. The molecule has 3 aromatic rings. The number of nitriles is 1. The molecule has 3 aliphatic rings. The highest BCUT2D eigenvalue weighted by Gasteiger charge is 2.52. The summed E-state index contributed by atoms with van der Waals surface area (Å²) in [5.41, 5.74) is 3.50. The number of nitrogens with two attached hydrogens (primary N) is 1. The normalized spacial score (nSPS) is 24.4. The molecule has 8 nitrogen and oxygen atoms in total. The van der Waals surface area contributed by atoms with Crippen LogP contribution in [0.3, 0.4) is 0 Å². The minimum Gasteiger partial charge on any atom is -0.475 e. The van der Waals surface area contributed by atoms with Crippen LogP contribution < -0.4 is 20.7 Å². The predicted molar refractivity (Wildman–Crippen MR) is 127 cm³/mol. The molecule has 0 saturated carbocycles. The number of halogens is 4. The predicted octanol–water partition coefficient (Wildman–Crippen LogP) is 3.95. The molecule has 3 aromatic heterocycles. The topological polar surface area (TPSA) is 113 Å². The highest BCUT2D eigenvalue weighted by Crippen LogP contribution is 2.47. The molecular formula is C25H23F4N7O. The Kier molecular flexibility index (Phi) is 4.89. The van der Waals surface area contributed by atoms with Crippen LogP contribution in [0.4, 0.5) is 29.2 Å². The molecule has 37 heavy (non-hydrogen) atoms. The van der Waals surface area contributed by atoms with Crippen LogP contribution in [-0.4, -0.2) is 45.7 Å². The van der Waals surface area contributed by atoms with Crippen molar-refractivity contribution in [3.63, 3.8) is 0 Å². The summed E-state index contributed by atoms with van der Waals surface area (Å²) >= 11 is 0. The fourth-order valence-electron chi connectivity index (χ4n) is 5.98. The van der Waals surface area contributed by atoms with Crippen molar-refractivity contribution in [2.75, 3.05) is 23.8 Å². The Labute approximate surface area is 209 Å². The number of hydrogen-bond donors (Lipinski definition) is 2. The molecular weight excluding hydrogens is 490 g/mol. The summed E-state index contributed by atoms with van der Waals surface area (Å²) in [6, 6.07) is 3.09. The van der Waals surface area contributed by atoms with Gasteiger partial charge in [0, 0.05) is 22.7 Å². The van der Waals surface area contributed by atoms with Crippen LogP contribution in [0.15, 0.2) is 6.07 Å². The second-order valence-corrected chi connectivity index (χ2v) is 10.0. The van der Waals surface area contributed by atoms with Gasteiger partial charge in [0.1, 0.15) is 29.5 Å². The van der Waals surface area contributed by atoms with Crippen LogP contribution in [-0.2, 0) is 6.18 Å². The van der Waals surface area contributed by atoms with Gasteiger partial charge in [0.2, 0.25) is 5.88 Å². The number of aryl methyl sites for hydroxylation is 3. The molecule has 0 aliphatic carbocycles. The van der Waals surface area contributed by atoms with Crippen molar-refractivity contribution < 1.29 is 22.3 Å². The zero-order valence-corrected chi connectivity index (χ0v) is 20.3. The van der Waals surface area contributed by atoms with E-state index < -0.39 is 34.4 Å². The number of pyridine rings is 3. The summed E-state index contributed by atoms with van der Waals surface area (Å²) in [5, 5.41) is 13.7. The van der Waals surface area contributed by atoms with Crippen molar-refractivity contribution in [3.8, 4) is 23.2 Å². The molecule has 0 spiro atoms. The zero-order chi connectivity index (χ0) is 26.4. The molecule has 2 saturated heterocycles. The molecule has 0 amide bonds. The number of aromatic nitrogens is 3. The van der Waals surface area contributed by atoms with E-state index >= 15 is 4.39 Å². The number of alkyl halides is 3. The monoisotopic (exact) mass is 513 g/mol. The van der Waals surface area contributed by atoms with Crippen molar-refractivity contribution in [1.82, 2.24) is 20.3 Å². The average Bonchev–Trinajstić information content (AvgIpc) is 3.10. The summed E-state index contributed by atoms with van der Waals surface area (Å²) in [4.78, 5) is 14.8. The third-order valence-corrected chi connectivity index (χ3v) is 7.80. The van der Waals surface area contributed by atoms with Crippen molar-refractivity contribution in [3.05, 3.63) is 34.4 Å². The molecule has 3 N–H and O–H groups in total. The molecule has 2 bridgehead atoms. The number of ether oxygens (including phenoxy) is 1. The summed E-state index contributed by atoms with van der Waals surface area (Å²) in [6.07, 6.45) is -3.40. The van der Waals surface area contributed by atoms with E-state index in [2.05, 4.69) is 21.4 Å². The number of fused-ring (bicyclic) bond motifs is 5. The first-order valence-corrected chi connectivity index (χ1v) is 11.9. The molecule has 3 aliphatic heterocycles. The van der Waals surface area contributed by atoms with E-state index in [1.165, 1.54) is 6.92 Å². The number of piperazine rings is 1. The second-order valence-electron chi connectivity index (χ2n) is 10.0. The summed E-state index contributed by atoms with van der Waals surface area (Å²) in [6.45, 7) is 5.02. The minimum atomic E-state index is -4.82. The van der Waals surface area contributed by atoms with Gasteiger partial charge in [-0.25, -0.2) is 19.3 Å². The van der Waals surface area contributed by atoms with Gasteiger partial charge in [0.25, 0.3) is 0 Å². The first-order valence-electron chi connectivity index (χ1n) is 11.9. The lowest BCUT2D eigenvalue weighted by Gasteiger charge is -2.43. The van der Waals surface area contributed by atoms with Crippen LogP contribution in [0.1, 0.15) is 35.4 Å². The van der Waals surface area contributed by atoms with E-state index in [4.69, 9.17) is 15.5 Å². The Balaban J connectivity index is 1.66. The molecule has 0 radical (unpaired) electrons. The first kappa shape index (κ1) is 23.7. The summed E-state index contributed by atoms with van der Waals surface area (Å²) < 4.78 is 64.7. The Morgan fingerprint density at radius 1 is 1.19 bits per heavy atom. The van der Waals surface area contributed by atoms with Gasteiger partial charge in [-0.2, -0.15) is 18.4 Å². The van der Waals surface area contributed by atoms with Crippen LogP contribution in [0, 0.1) is 37.9 Å². The number of rotatable bonds is 1. The lowest BCUT2D eigenvalue weighted by Crippen LogP contribution is -2.65. The van der Waals surface area contributed by atoms with E-state index in [-0.39, 0.29) is 46.9 Å². The van der Waals surface area contributed by atoms with Gasteiger partial charge in [-0.1, -0.05) is 0 Å². The van der Waals surface area contributed by atoms with Crippen molar-refractivity contribution in [2.24, 2.45) is 0 Å². The van der Waals surface area contributed by atoms with E-state index in [0.717, 1.165) is 12.5 Å². The van der Waals surface area contributed by atoms with Gasteiger partial charge in [-0.3, -0.25) is 5.32 Å². The van der Waals surface area contributed by atoms with E-state index in [1.807, 2.05) is 4.90 Å². The maximum atomic E-state index is 16.4. The van der Waals surface area contributed by atoms with Gasteiger partial charge < -0.3 is 15.4 Å². The Morgan fingerprint density at radius 2 is 1.95 bits per heavy atom. The highest BCUT2D eigenvalue weighted by molar-refractivity contribution is 6.01. The van der Waals surface area contributed by atoms with Gasteiger partial charge in [0.15, 0.2) is 5.82 Å². The van der Waals surface area contributed by atoms with Gasteiger partial charge in [0.05, 0.1) is 35.3 Å². The summed E-state index contributed by atoms with van der Waals surface area (Å²) in [5.74, 6) is -0.691. The first-order chi connectivity index (χ1) is 17.4. The standard InChI is InChI=1S/C25H23F4N7O/c1-10-11(2)33-22-18-17(10)20(26)21(13-6-16(31)32-12(3)19(13)25(27,28)29)34-23(18)37-7-15-14-4-5-24(8-30,35-14)9-36(15)22/h6,14-15,35H,4-5,7,9H2,1-3H3,(H2,31,32). The van der Waals surface area contributed by atoms with Gasteiger partial charge >= 0.3 is 6.18 Å². The molecule has 0 aromatic carbocycles. The van der Waals surface area contributed by atoms with Crippen molar-refractivity contribution in [2.45, 2.75) is 57.4 Å². The van der Waals surface area contributed by atoms with Crippen molar-refractivity contribution >= 4 is 22.4 Å². The fraction of sp³-hybridized carbons (Fsp3) is 0.440. The lowest BCUT2D eigenvalue weighted by atomic mass is 9.96. The fourth-order valence-corrected chi connectivity index (χ4v) is 5.98. The number of nitrogens with one attached hydrogen (secondary N) is 1. The number of anilines is 2. The molecule has 6 heterocycles. The summed E-state index contributed by atoms with van der Waals surface area (Å²) in [7, 11) is 0. The number of hydrogen-bond acceptors (Lipinski definition) is 8. The quantitative estimate of drug-likeness (QED) is 0.471. The number of nitrogens with zero attached hydrogens (tertiary/aromatic N) is 5. The average molecular weight is 513 g/mol.